The number of benzene rings is 2. The molecule has 1 unspecified atom stereocenters. The smallest absolute Gasteiger partial charge is 0.130 e. The van der Waals surface area contributed by atoms with Crippen molar-refractivity contribution in [2.75, 3.05) is 19.8 Å². The Bertz CT molecular complexity index is 563. The van der Waals surface area contributed by atoms with E-state index >= 15 is 0 Å². The van der Waals surface area contributed by atoms with E-state index in [0.29, 0.717) is 19.8 Å². The van der Waals surface area contributed by atoms with Crippen LogP contribution in [0.25, 0.3) is 0 Å². The van der Waals surface area contributed by atoms with Gasteiger partial charge in [-0.15, -0.1) is 0 Å². The predicted octanol–water partition coefficient (Wildman–Crippen LogP) is 4.33. The standard InChI is InChI=1S/C19H24O4/c1-4-20-16-6-8-18(9-7-16)22-14-15(3)23-19-12-10-17(11-13-19)21-5-2/h6-13,15H,4-5,14H2,1-3H3. The maximum absolute atomic E-state index is 5.83. The third-order valence-electron chi connectivity index (χ3n) is 3.09. The van der Waals surface area contributed by atoms with E-state index in [4.69, 9.17) is 18.9 Å². The van der Waals surface area contributed by atoms with E-state index in [2.05, 4.69) is 0 Å². The minimum absolute atomic E-state index is 0.0560. The number of hydrogen-bond donors (Lipinski definition) is 0. The Kier molecular flexibility index (Phi) is 6.60. The lowest BCUT2D eigenvalue weighted by Crippen LogP contribution is -2.21. The molecule has 23 heavy (non-hydrogen) atoms. The fourth-order valence-electron chi connectivity index (χ4n) is 2.06. The summed E-state index contributed by atoms with van der Waals surface area (Å²) in [6.45, 7) is 7.70. The highest BCUT2D eigenvalue weighted by atomic mass is 16.5. The molecule has 124 valence electrons. The van der Waals surface area contributed by atoms with Crippen LogP contribution in [0, 0.1) is 0 Å². The summed E-state index contributed by atoms with van der Waals surface area (Å²) in [7, 11) is 0. The van der Waals surface area contributed by atoms with Crippen molar-refractivity contribution in [2.45, 2.75) is 26.9 Å². The highest BCUT2D eigenvalue weighted by Gasteiger charge is 2.06. The van der Waals surface area contributed by atoms with Gasteiger partial charge in [0.1, 0.15) is 35.7 Å². The summed E-state index contributed by atoms with van der Waals surface area (Å²) in [6, 6.07) is 15.2. The van der Waals surface area contributed by atoms with E-state index in [-0.39, 0.29) is 6.10 Å². The molecule has 0 aliphatic rings. The minimum atomic E-state index is -0.0560. The first-order chi connectivity index (χ1) is 11.2. The Labute approximate surface area is 137 Å². The SMILES string of the molecule is CCOc1ccc(OCC(C)Oc2ccc(OCC)cc2)cc1. The van der Waals surface area contributed by atoms with Crippen molar-refractivity contribution in [1.29, 1.82) is 0 Å². The molecule has 2 aromatic rings. The normalized spacial score (nSPS) is 11.6. The Morgan fingerprint density at radius 3 is 1.48 bits per heavy atom. The van der Waals surface area contributed by atoms with Crippen LogP contribution in [0.5, 0.6) is 23.0 Å². The summed E-state index contributed by atoms with van der Waals surface area (Å²) in [5, 5.41) is 0. The molecule has 0 saturated heterocycles. The summed E-state index contributed by atoms with van der Waals surface area (Å²) in [5.41, 5.74) is 0. The average Bonchev–Trinajstić information content (AvgIpc) is 2.57. The van der Waals surface area contributed by atoms with Crippen molar-refractivity contribution in [1.82, 2.24) is 0 Å². The fourth-order valence-corrected chi connectivity index (χ4v) is 2.06. The summed E-state index contributed by atoms with van der Waals surface area (Å²) < 4.78 is 22.4. The van der Waals surface area contributed by atoms with Crippen LogP contribution in [0.4, 0.5) is 0 Å². The third kappa shape index (κ3) is 5.74. The highest BCUT2D eigenvalue weighted by molar-refractivity contribution is 5.32. The summed E-state index contributed by atoms with van der Waals surface area (Å²) in [6.07, 6.45) is -0.0560. The van der Waals surface area contributed by atoms with E-state index in [0.717, 1.165) is 23.0 Å². The van der Waals surface area contributed by atoms with Gasteiger partial charge in [-0.05, 0) is 69.3 Å². The van der Waals surface area contributed by atoms with Gasteiger partial charge >= 0.3 is 0 Å². The molecule has 0 aromatic heterocycles. The van der Waals surface area contributed by atoms with E-state index in [1.807, 2.05) is 69.3 Å². The Morgan fingerprint density at radius 1 is 0.652 bits per heavy atom. The molecule has 2 rings (SSSR count). The fraction of sp³-hybridized carbons (Fsp3) is 0.368. The Hall–Kier alpha value is -2.36. The van der Waals surface area contributed by atoms with Gasteiger partial charge in [0, 0.05) is 0 Å². The van der Waals surface area contributed by atoms with Gasteiger partial charge in [0.2, 0.25) is 0 Å². The van der Waals surface area contributed by atoms with Crippen LogP contribution in [-0.4, -0.2) is 25.9 Å². The van der Waals surface area contributed by atoms with Crippen molar-refractivity contribution < 1.29 is 18.9 Å². The molecule has 0 heterocycles. The summed E-state index contributed by atoms with van der Waals surface area (Å²) in [5.74, 6) is 3.29. The average molecular weight is 316 g/mol. The maximum Gasteiger partial charge on any atom is 0.130 e. The summed E-state index contributed by atoms with van der Waals surface area (Å²) >= 11 is 0. The molecule has 0 aliphatic carbocycles. The van der Waals surface area contributed by atoms with Crippen molar-refractivity contribution in [3.63, 3.8) is 0 Å². The lowest BCUT2D eigenvalue weighted by atomic mass is 10.3. The molecular formula is C19H24O4. The lowest BCUT2D eigenvalue weighted by molar-refractivity contribution is 0.143. The first-order valence-electron chi connectivity index (χ1n) is 7.96. The van der Waals surface area contributed by atoms with Gasteiger partial charge in [0.15, 0.2) is 0 Å². The third-order valence-corrected chi connectivity index (χ3v) is 3.09. The van der Waals surface area contributed by atoms with Gasteiger partial charge in [-0.3, -0.25) is 0 Å². The van der Waals surface area contributed by atoms with Gasteiger partial charge in [0.05, 0.1) is 13.2 Å². The number of ether oxygens (including phenoxy) is 4. The lowest BCUT2D eigenvalue weighted by Gasteiger charge is -2.16. The second-order valence-corrected chi connectivity index (χ2v) is 5.05. The predicted molar refractivity (Wildman–Crippen MR) is 90.8 cm³/mol. The van der Waals surface area contributed by atoms with Crippen LogP contribution in [0.15, 0.2) is 48.5 Å². The zero-order valence-electron chi connectivity index (χ0n) is 14.0. The van der Waals surface area contributed by atoms with Crippen LogP contribution < -0.4 is 18.9 Å². The van der Waals surface area contributed by atoms with Gasteiger partial charge in [-0.25, -0.2) is 0 Å². The van der Waals surface area contributed by atoms with E-state index in [9.17, 15) is 0 Å². The van der Waals surface area contributed by atoms with Crippen molar-refractivity contribution in [3.05, 3.63) is 48.5 Å². The van der Waals surface area contributed by atoms with Gasteiger partial charge in [-0.1, -0.05) is 0 Å². The van der Waals surface area contributed by atoms with Crippen LogP contribution in [-0.2, 0) is 0 Å². The van der Waals surface area contributed by atoms with Crippen molar-refractivity contribution in [3.8, 4) is 23.0 Å². The minimum Gasteiger partial charge on any atom is -0.494 e. The van der Waals surface area contributed by atoms with Crippen LogP contribution in [0.3, 0.4) is 0 Å². The van der Waals surface area contributed by atoms with E-state index in [1.54, 1.807) is 0 Å². The Balaban J connectivity index is 1.78. The molecule has 2 aromatic carbocycles. The molecule has 0 radical (unpaired) electrons. The number of hydrogen-bond acceptors (Lipinski definition) is 4. The Morgan fingerprint density at radius 2 is 1.04 bits per heavy atom. The van der Waals surface area contributed by atoms with Crippen LogP contribution >= 0.6 is 0 Å². The molecule has 0 aliphatic heterocycles. The molecule has 0 spiro atoms. The van der Waals surface area contributed by atoms with E-state index < -0.39 is 0 Å². The van der Waals surface area contributed by atoms with Crippen LogP contribution in [0.1, 0.15) is 20.8 Å². The molecular weight excluding hydrogens is 292 g/mol. The molecule has 0 bridgehead atoms. The molecule has 4 nitrogen and oxygen atoms in total. The molecule has 0 amide bonds. The molecule has 0 fully saturated rings. The molecule has 0 saturated carbocycles. The first kappa shape index (κ1) is 17.0. The zero-order valence-corrected chi connectivity index (χ0v) is 14.0. The van der Waals surface area contributed by atoms with Crippen LogP contribution in [0.2, 0.25) is 0 Å². The first-order valence-corrected chi connectivity index (χ1v) is 7.96. The zero-order chi connectivity index (χ0) is 16.5. The topological polar surface area (TPSA) is 36.9 Å². The second-order valence-electron chi connectivity index (χ2n) is 5.05. The molecule has 1 atom stereocenters. The highest BCUT2D eigenvalue weighted by Crippen LogP contribution is 2.20. The second kappa shape index (κ2) is 8.93. The number of rotatable bonds is 9. The van der Waals surface area contributed by atoms with Gasteiger partial charge in [0.25, 0.3) is 0 Å². The van der Waals surface area contributed by atoms with Gasteiger partial charge in [-0.2, -0.15) is 0 Å². The van der Waals surface area contributed by atoms with E-state index in [1.165, 1.54) is 0 Å². The van der Waals surface area contributed by atoms with Crippen molar-refractivity contribution >= 4 is 0 Å². The largest absolute Gasteiger partial charge is 0.494 e. The summed E-state index contributed by atoms with van der Waals surface area (Å²) in [4.78, 5) is 0. The quantitative estimate of drug-likeness (QED) is 0.690. The van der Waals surface area contributed by atoms with Crippen molar-refractivity contribution in [2.24, 2.45) is 0 Å². The molecule has 4 heteroatoms. The monoisotopic (exact) mass is 316 g/mol. The molecule has 0 N–H and O–H groups in total. The maximum atomic E-state index is 5.83. The van der Waals surface area contributed by atoms with Gasteiger partial charge < -0.3 is 18.9 Å².